The molecular formula is C16H16N2OS2. The van der Waals surface area contributed by atoms with Crippen molar-refractivity contribution in [2.45, 2.75) is 31.4 Å². The van der Waals surface area contributed by atoms with Crippen LogP contribution in [-0.2, 0) is 5.75 Å². The molecular weight excluding hydrogens is 300 g/mol. The molecule has 2 heterocycles. The minimum absolute atomic E-state index is 0.00924. The van der Waals surface area contributed by atoms with E-state index in [1.54, 1.807) is 22.2 Å². The van der Waals surface area contributed by atoms with Crippen molar-refractivity contribution in [1.29, 1.82) is 0 Å². The van der Waals surface area contributed by atoms with Crippen LogP contribution in [0.2, 0.25) is 0 Å². The van der Waals surface area contributed by atoms with E-state index in [0.29, 0.717) is 5.75 Å². The van der Waals surface area contributed by atoms with E-state index < -0.39 is 0 Å². The molecule has 0 N–H and O–H groups in total. The maximum atomic E-state index is 12.1. The van der Waals surface area contributed by atoms with Gasteiger partial charge in [0.15, 0.2) is 4.96 Å². The predicted octanol–water partition coefficient (Wildman–Crippen LogP) is 3.97. The Morgan fingerprint density at radius 2 is 2.05 bits per heavy atom. The van der Waals surface area contributed by atoms with Crippen LogP contribution in [0.5, 0.6) is 0 Å². The highest BCUT2D eigenvalue weighted by Gasteiger charge is 2.07. The lowest BCUT2D eigenvalue weighted by Gasteiger charge is -2.06. The second-order valence-corrected chi connectivity index (χ2v) is 6.99. The molecule has 0 fully saturated rings. The fourth-order valence-corrected chi connectivity index (χ4v) is 4.08. The number of hydrogen-bond donors (Lipinski definition) is 0. The first kappa shape index (κ1) is 14.4. The third-order valence-electron chi connectivity index (χ3n) is 3.33. The molecule has 0 radical (unpaired) electrons. The molecule has 108 valence electrons. The fraction of sp³-hybridized carbons (Fsp3) is 0.250. The van der Waals surface area contributed by atoms with Crippen LogP contribution in [0.15, 0.2) is 39.3 Å². The van der Waals surface area contributed by atoms with Gasteiger partial charge in [-0.3, -0.25) is 9.20 Å². The Morgan fingerprint density at radius 3 is 2.81 bits per heavy atom. The van der Waals surface area contributed by atoms with Crippen molar-refractivity contribution >= 4 is 28.1 Å². The quantitative estimate of drug-likeness (QED) is 0.686. The number of nitrogens with zero attached hydrogens (tertiary/aromatic N) is 2. The Hall–Kier alpha value is -1.59. The Kier molecular flexibility index (Phi) is 3.87. The summed E-state index contributed by atoms with van der Waals surface area (Å²) >= 11 is 3.24. The van der Waals surface area contributed by atoms with Crippen molar-refractivity contribution in [1.82, 2.24) is 9.38 Å². The summed E-state index contributed by atoms with van der Waals surface area (Å²) in [6.07, 6.45) is 0. The van der Waals surface area contributed by atoms with Crippen LogP contribution in [0.4, 0.5) is 0 Å². The molecule has 0 atom stereocenters. The zero-order valence-electron chi connectivity index (χ0n) is 12.2. The molecule has 1 aromatic carbocycles. The lowest BCUT2D eigenvalue weighted by atomic mass is 10.2. The van der Waals surface area contributed by atoms with Gasteiger partial charge in [0.05, 0.1) is 5.69 Å². The van der Waals surface area contributed by atoms with Crippen LogP contribution in [0.3, 0.4) is 0 Å². The normalized spacial score (nSPS) is 11.2. The average Bonchev–Trinajstić information content (AvgIpc) is 2.80. The van der Waals surface area contributed by atoms with Crippen LogP contribution in [-0.4, -0.2) is 9.38 Å². The number of aryl methyl sites for hydroxylation is 3. The second kappa shape index (κ2) is 5.66. The Balaban J connectivity index is 1.87. The highest BCUT2D eigenvalue weighted by Crippen LogP contribution is 2.26. The molecule has 0 amide bonds. The van der Waals surface area contributed by atoms with Gasteiger partial charge in [0.2, 0.25) is 0 Å². The van der Waals surface area contributed by atoms with Crippen LogP contribution in [0.1, 0.15) is 22.5 Å². The molecule has 2 aromatic heterocycles. The van der Waals surface area contributed by atoms with E-state index in [1.165, 1.54) is 27.4 Å². The van der Waals surface area contributed by atoms with Gasteiger partial charge in [0, 0.05) is 27.8 Å². The molecule has 0 aliphatic heterocycles. The zero-order valence-corrected chi connectivity index (χ0v) is 13.8. The van der Waals surface area contributed by atoms with E-state index in [-0.39, 0.29) is 5.56 Å². The SMILES string of the molecule is Cc1ccc(SCc2cc(=O)n3c(C)csc3n2)c(C)c1. The molecule has 0 bridgehead atoms. The van der Waals surface area contributed by atoms with Gasteiger partial charge < -0.3 is 0 Å². The van der Waals surface area contributed by atoms with Crippen molar-refractivity contribution in [3.63, 3.8) is 0 Å². The predicted molar refractivity (Wildman–Crippen MR) is 89.6 cm³/mol. The fourth-order valence-electron chi connectivity index (χ4n) is 2.29. The monoisotopic (exact) mass is 316 g/mol. The molecule has 3 nitrogen and oxygen atoms in total. The first-order valence-corrected chi connectivity index (χ1v) is 8.58. The highest BCUT2D eigenvalue weighted by molar-refractivity contribution is 7.98. The van der Waals surface area contributed by atoms with E-state index in [9.17, 15) is 4.79 Å². The minimum Gasteiger partial charge on any atom is -0.269 e. The summed E-state index contributed by atoms with van der Waals surface area (Å²) in [5.74, 6) is 0.715. The molecule has 0 aliphatic carbocycles. The summed E-state index contributed by atoms with van der Waals surface area (Å²) in [5.41, 5.74) is 4.33. The smallest absolute Gasteiger partial charge is 0.258 e. The van der Waals surface area contributed by atoms with Crippen molar-refractivity contribution < 1.29 is 0 Å². The van der Waals surface area contributed by atoms with Gasteiger partial charge in [0.25, 0.3) is 5.56 Å². The van der Waals surface area contributed by atoms with Gasteiger partial charge in [0.1, 0.15) is 0 Å². The lowest BCUT2D eigenvalue weighted by molar-refractivity contribution is 0.997. The van der Waals surface area contributed by atoms with Gasteiger partial charge in [-0.05, 0) is 32.4 Å². The topological polar surface area (TPSA) is 34.4 Å². The summed E-state index contributed by atoms with van der Waals surface area (Å²) in [6, 6.07) is 8.07. The first-order valence-electron chi connectivity index (χ1n) is 6.71. The van der Waals surface area contributed by atoms with Gasteiger partial charge >= 0.3 is 0 Å². The van der Waals surface area contributed by atoms with E-state index in [0.717, 1.165) is 16.3 Å². The van der Waals surface area contributed by atoms with Crippen LogP contribution < -0.4 is 5.56 Å². The van der Waals surface area contributed by atoms with Crippen LogP contribution in [0, 0.1) is 20.8 Å². The summed E-state index contributed by atoms with van der Waals surface area (Å²) in [4.78, 5) is 18.7. The number of aromatic nitrogens is 2. The number of rotatable bonds is 3. The summed E-state index contributed by atoms with van der Waals surface area (Å²) in [7, 11) is 0. The number of fused-ring (bicyclic) bond motifs is 1. The van der Waals surface area contributed by atoms with Crippen LogP contribution >= 0.6 is 23.1 Å². The summed E-state index contributed by atoms with van der Waals surface area (Å²) < 4.78 is 1.66. The molecule has 21 heavy (non-hydrogen) atoms. The van der Waals surface area contributed by atoms with Crippen molar-refractivity contribution in [2.24, 2.45) is 0 Å². The maximum Gasteiger partial charge on any atom is 0.258 e. The molecule has 0 saturated heterocycles. The maximum absolute atomic E-state index is 12.1. The van der Waals surface area contributed by atoms with Crippen molar-refractivity contribution in [3.05, 3.63) is 62.5 Å². The lowest BCUT2D eigenvalue weighted by Crippen LogP contribution is -2.14. The van der Waals surface area contributed by atoms with Crippen molar-refractivity contribution in [2.75, 3.05) is 0 Å². The molecule has 0 spiro atoms. The zero-order chi connectivity index (χ0) is 15.0. The van der Waals surface area contributed by atoms with Gasteiger partial charge in [-0.25, -0.2) is 4.98 Å². The summed E-state index contributed by atoms with van der Waals surface area (Å²) in [5, 5.41) is 1.96. The van der Waals surface area contributed by atoms with E-state index in [2.05, 4.69) is 37.0 Å². The van der Waals surface area contributed by atoms with Crippen LogP contribution in [0.25, 0.3) is 4.96 Å². The molecule has 3 rings (SSSR count). The summed E-state index contributed by atoms with van der Waals surface area (Å²) in [6.45, 7) is 6.14. The Bertz CT molecular complexity index is 864. The highest BCUT2D eigenvalue weighted by atomic mass is 32.2. The minimum atomic E-state index is 0.00924. The number of hydrogen-bond acceptors (Lipinski definition) is 4. The molecule has 3 aromatic rings. The van der Waals surface area contributed by atoms with Gasteiger partial charge in [-0.15, -0.1) is 23.1 Å². The average molecular weight is 316 g/mol. The molecule has 0 unspecified atom stereocenters. The standard InChI is InChI=1S/C16H16N2OS2/c1-10-4-5-14(11(2)6-10)20-9-13-7-15(19)18-12(3)8-21-16(18)17-13/h4-8H,9H2,1-3H3. The van der Waals surface area contributed by atoms with Gasteiger partial charge in [-0.2, -0.15) is 0 Å². The van der Waals surface area contributed by atoms with E-state index in [4.69, 9.17) is 0 Å². The molecule has 0 saturated carbocycles. The largest absolute Gasteiger partial charge is 0.269 e. The first-order chi connectivity index (χ1) is 10.0. The number of benzene rings is 1. The molecule has 5 heteroatoms. The van der Waals surface area contributed by atoms with Crippen molar-refractivity contribution in [3.8, 4) is 0 Å². The van der Waals surface area contributed by atoms with E-state index in [1.807, 2.05) is 12.3 Å². The van der Waals surface area contributed by atoms with E-state index >= 15 is 0 Å². The number of thiazole rings is 1. The Labute approximate surface area is 131 Å². The molecule has 0 aliphatic rings. The Morgan fingerprint density at radius 1 is 1.24 bits per heavy atom. The third-order valence-corrected chi connectivity index (χ3v) is 5.49. The number of thioether (sulfide) groups is 1. The second-order valence-electron chi connectivity index (χ2n) is 5.14. The van der Waals surface area contributed by atoms with Gasteiger partial charge in [-0.1, -0.05) is 17.7 Å². The third kappa shape index (κ3) is 2.89.